The van der Waals surface area contributed by atoms with Gasteiger partial charge in [-0.05, 0) is 36.4 Å². The third-order valence-electron chi connectivity index (χ3n) is 2.66. The molecule has 0 bridgehead atoms. The molecule has 0 aliphatic carbocycles. The Morgan fingerprint density at radius 1 is 1.29 bits per heavy atom. The second-order valence-electron chi connectivity index (χ2n) is 4.25. The first kappa shape index (κ1) is 15.0. The molecule has 110 valence electrons. The number of nitrogen functional groups attached to an aromatic ring is 1. The summed E-state index contributed by atoms with van der Waals surface area (Å²) < 4.78 is 10.5. The fourth-order valence-electron chi connectivity index (χ4n) is 1.72. The molecule has 0 radical (unpaired) electrons. The number of rotatable bonds is 5. The van der Waals surface area contributed by atoms with Gasteiger partial charge in [-0.2, -0.15) is 0 Å². The Bertz CT molecular complexity index is 647. The van der Waals surface area contributed by atoms with Crippen molar-refractivity contribution in [3.63, 3.8) is 0 Å². The van der Waals surface area contributed by atoms with E-state index in [-0.39, 0.29) is 12.5 Å². The molecule has 5 nitrogen and oxygen atoms in total. The van der Waals surface area contributed by atoms with E-state index in [0.29, 0.717) is 27.9 Å². The average Bonchev–Trinajstić information content (AvgIpc) is 2.45. The standard InChI is InChI=1S/C15H15ClN2O3/c1-20-14-6-5-11(17)8-13(14)18-15(19)9-21-12-4-2-3-10(16)7-12/h2-8H,9,17H2,1H3,(H,18,19). The third kappa shape index (κ3) is 4.29. The fraction of sp³-hybridized carbons (Fsp3) is 0.133. The first-order chi connectivity index (χ1) is 10.1. The molecule has 0 aliphatic heterocycles. The minimum atomic E-state index is -0.320. The number of methoxy groups -OCH3 is 1. The molecule has 0 aromatic heterocycles. The summed E-state index contributed by atoms with van der Waals surface area (Å²) in [6.07, 6.45) is 0. The number of amides is 1. The van der Waals surface area contributed by atoms with E-state index >= 15 is 0 Å². The van der Waals surface area contributed by atoms with Gasteiger partial charge in [-0.3, -0.25) is 4.79 Å². The molecule has 2 rings (SSSR count). The lowest BCUT2D eigenvalue weighted by Crippen LogP contribution is -2.20. The number of carbonyl (C=O) groups is 1. The van der Waals surface area contributed by atoms with Crippen molar-refractivity contribution in [3.8, 4) is 11.5 Å². The summed E-state index contributed by atoms with van der Waals surface area (Å²) in [5.74, 6) is 0.733. The summed E-state index contributed by atoms with van der Waals surface area (Å²) in [6, 6.07) is 11.8. The van der Waals surface area contributed by atoms with Crippen molar-refractivity contribution in [2.45, 2.75) is 0 Å². The van der Waals surface area contributed by atoms with Crippen molar-refractivity contribution < 1.29 is 14.3 Å². The van der Waals surface area contributed by atoms with Crippen LogP contribution >= 0.6 is 11.6 Å². The smallest absolute Gasteiger partial charge is 0.262 e. The van der Waals surface area contributed by atoms with Crippen molar-refractivity contribution in [2.24, 2.45) is 0 Å². The molecule has 0 spiro atoms. The van der Waals surface area contributed by atoms with Gasteiger partial charge in [0.25, 0.3) is 5.91 Å². The molecule has 0 unspecified atom stereocenters. The van der Waals surface area contributed by atoms with Crippen molar-refractivity contribution in [3.05, 3.63) is 47.5 Å². The summed E-state index contributed by atoms with van der Waals surface area (Å²) in [4.78, 5) is 11.9. The van der Waals surface area contributed by atoms with Crippen molar-refractivity contribution in [1.29, 1.82) is 0 Å². The van der Waals surface area contributed by atoms with Gasteiger partial charge in [0.15, 0.2) is 6.61 Å². The largest absolute Gasteiger partial charge is 0.495 e. The Morgan fingerprint density at radius 2 is 2.10 bits per heavy atom. The van der Waals surface area contributed by atoms with Crippen molar-refractivity contribution in [1.82, 2.24) is 0 Å². The SMILES string of the molecule is COc1ccc(N)cc1NC(=O)COc1cccc(Cl)c1. The first-order valence-electron chi connectivity index (χ1n) is 6.20. The molecule has 0 saturated carbocycles. The van der Waals surface area contributed by atoms with Gasteiger partial charge in [0.05, 0.1) is 12.8 Å². The average molecular weight is 307 g/mol. The van der Waals surface area contributed by atoms with E-state index in [1.54, 1.807) is 42.5 Å². The molecule has 3 N–H and O–H groups in total. The Kier molecular flexibility index (Phi) is 4.90. The van der Waals surface area contributed by atoms with Crippen LogP contribution in [0.5, 0.6) is 11.5 Å². The number of anilines is 2. The van der Waals surface area contributed by atoms with E-state index in [1.807, 2.05) is 0 Å². The molecular weight excluding hydrogens is 292 g/mol. The maximum absolute atomic E-state index is 11.9. The van der Waals surface area contributed by atoms with Crippen LogP contribution in [0.3, 0.4) is 0 Å². The minimum Gasteiger partial charge on any atom is -0.495 e. The van der Waals surface area contributed by atoms with Gasteiger partial charge in [-0.1, -0.05) is 17.7 Å². The summed E-state index contributed by atoms with van der Waals surface area (Å²) in [6.45, 7) is -0.141. The van der Waals surface area contributed by atoms with Gasteiger partial charge in [0.1, 0.15) is 11.5 Å². The van der Waals surface area contributed by atoms with Crippen LogP contribution in [-0.4, -0.2) is 19.6 Å². The fourth-order valence-corrected chi connectivity index (χ4v) is 1.90. The minimum absolute atomic E-state index is 0.141. The monoisotopic (exact) mass is 306 g/mol. The second-order valence-corrected chi connectivity index (χ2v) is 4.69. The highest BCUT2D eigenvalue weighted by atomic mass is 35.5. The Balaban J connectivity index is 1.97. The molecule has 0 heterocycles. The number of ether oxygens (including phenoxy) is 2. The summed E-state index contributed by atoms with van der Waals surface area (Å²) in [5.41, 5.74) is 6.71. The van der Waals surface area contributed by atoms with Gasteiger partial charge in [-0.25, -0.2) is 0 Å². The number of nitrogens with two attached hydrogens (primary N) is 1. The molecule has 0 saturated heterocycles. The van der Waals surface area contributed by atoms with Crippen LogP contribution in [0, 0.1) is 0 Å². The van der Waals surface area contributed by atoms with Crippen LogP contribution in [0.15, 0.2) is 42.5 Å². The molecule has 1 amide bonds. The number of nitrogens with one attached hydrogen (secondary N) is 1. The molecule has 21 heavy (non-hydrogen) atoms. The predicted octanol–water partition coefficient (Wildman–Crippen LogP) is 2.95. The lowest BCUT2D eigenvalue weighted by Gasteiger charge is -2.11. The number of carbonyl (C=O) groups excluding carboxylic acids is 1. The van der Waals surface area contributed by atoms with Crippen LogP contribution in [0.2, 0.25) is 5.02 Å². The second kappa shape index (κ2) is 6.85. The molecule has 0 fully saturated rings. The molecule has 0 atom stereocenters. The normalized spacial score (nSPS) is 10.0. The highest BCUT2D eigenvalue weighted by molar-refractivity contribution is 6.30. The maximum Gasteiger partial charge on any atom is 0.262 e. The van der Waals surface area contributed by atoms with E-state index in [2.05, 4.69) is 5.32 Å². The van der Waals surface area contributed by atoms with Crippen molar-refractivity contribution in [2.75, 3.05) is 24.8 Å². The van der Waals surface area contributed by atoms with Crippen LogP contribution in [0.1, 0.15) is 0 Å². The number of halogens is 1. The molecule has 2 aromatic rings. The summed E-state index contributed by atoms with van der Waals surface area (Å²) in [7, 11) is 1.52. The summed E-state index contributed by atoms with van der Waals surface area (Å²) >= 11 is 5.84. The van der Waals surface area contributed by atoms with E-state index < -0.39 is 0 Å². The van der Waals surface area contributed by atoms with E-state index in [9.17, 15) is 4.79 Å². The Hall–Kier alpha value is -2.40. The van der Waals surface area contributed by atoms with E-state index in [0.717, 1.165) is 0 Å². The lowest BCUT2D eigenvalue weighted by atomic mass is 10.2. The van der Waals surface area contributed by atoms with E-state index in [1.165, 1.54) is 7.11 Å². The highest BCUT2D eigenvalue weighted by Gasteiger charge is 2.09. The number of benzene rings is 2. The zero-order valence-corrected chi connectivity index (χ0v) is 12.2. The number of hydrogen-bond acceptors (Lipinski definition) is 4. The maximum atomic E-state index is 11.9. The van der Waals surface area contributed by atoms with Gasteiger partial charge in [0, 0.05) is 10.7 Å². The van der Waals surface area contributed by atoms with Gasteiger partial charge in [0.2, 0.25) is 0 Å². The van der Waals surface area contributed by atoms with Crippen LogP contribution < -0.4 is 20.5 Å². The molecular formula is C15H15ClN2O3. The molecule has 2 aromatic carbocycles. The zero-order valence-electron chi connectivity index (χ0n) is 11.4. The Labute approximate surface area is 127 Å². The predicted molar refractivity (Wildman–Crippen MR) is 83.0 cm³/mol. The quantitative estimate of drug-likeness (QED) is 0.833. The van der Waals surface area contributed by atoms with E-state index in [4.69, 9.17) is 26.8 Å². The third-order valence-corrected chi connectivity index (χ3v) is 2.90. The van der Waals surface area contributed by atoms with Gasteiger partial charge >= 0.3 is 0 Å². The van der Waals surface area contributed by atoms with Crippen LogP contribution in [0.4, 0.5) is 11.4 Å². The van der Waals surface area contributed by atoms with Crippen molar-refractivity contribution >= 4 is 28.9 Å². The van der Waals surface area contributed by atoms with Gasteiger partial charge in [-0.15, -0.1) is 0 Å². The lowest BCUT2D eigenvalue weighted by molar-refractivity contribution is -0.118. The van der Waals surface area contributed by atoms with Crippen LogP contribution in [-0.2, 0) is 4.79 Å². The van der Waals surface area contributed by atoms with Crippen LogP contribution in [0.25, 0.3) is 0 Å². The summed E-state index contributed by atoms with van der Waals surface area (Å²) in [5, 5.41) is 3.23. The number of hydrogen-bond donors (Lipinski definition) is 2. The first-order valence-corrected chi connectivity index (χ1v) is 6.58. The van der Waals surface area contributed by atoms with Gasteiger partial charge < -0.3 is 20.5 Å². The zero-order chi connectivity index (χ0) is 15.2. The molecule has 0 aliphatic rings. The topological polar surface area (TPSA) is 73.6 Å². The highest BCUT2D eigenvalue weighted by Crippen LogP contribution is 2.26. The Morgan fingerprint density at radius 3 is 2.81 bits per heavy atom. The molecule has 6 heteroatoms.